The molecular weight excluding hydrogens is 152 g/mol. The summed E-state index contributed by atoms with van der Waals surface area (Å²) in [5, 5.41) is 8.46. The normalized spacial score (nSPS) is 14.5. The summed E-state index contributed by atoms with van der Waals surface area (Å²) in [5.74, 6) is 0.986. The van der Waals surface area contributed by atoms with Gasteiger partial charge in [0.1, 0.15) is 0 Å². The first-order valence-corrected chi connectivity index (χ1v) is 3.95. The molecule has 0 aliphatic carbocycles. The van der Waals surface area contributed by atoms with Crippen molar-refractivity contribution in [3.8, 4) is 6.07 Å². The highest BCUT2D eigenvalue weighted by atomic mass is 15.3. The predicted octanol–water partition coefficient (Wildman–Crippen LogP) is 0.399. The quantitative estimate of drug-likeness (QED) is 0.600. The minimum absolute atomic E-state index is 0.411. The Labute approximate surface area is 71.0 Å². The van der Waals surface area contributed by atoms with Gasteiger partial charge in [0.05, 0.1) is 18.2 Å². The van der Waals surface area contributed by atoms with Gasteiger partial charge in [-0.1, -0.05) is 0 Å². The van der Waals surface area contributed by atoms with E-state index in [9.17, 15) is 0 Å². The van der Waals surface area contributed by atoms with E-state index in [4.69, 9.17) is 5.26 Å². The van der Waals surface area contributed by atoms with Crippen LogP contribution in [0, 0.1) is 11.3 Å². The van der Waals surface area contributed by atoms with Crippen LogP contribution in [-0.2, 0) is 13.0 Å². The van der Waals surface area contributed by atoms with Crippen LogP contribution in [0.3, 0.4) is 0 Å². The van der Waals surface area contributed by atoms with Gasteiger partial charge >= 0.3 is 0 Å². The van der Waals surface area contributed by atoms with Crippen LogP contribution in [0.5, 0.6) is 0 Å². The first-order valence-electron chi connectivity index (χ1n) is 3.95. The number of fused-ring (bicyclic) bond motifs is 1. The lowest BCUT2D eigenvalue weighted by atomic mass is 10.4. The zero-order chi connectivity index (χ0) is 8.55. The summed E-state index contributed by atoms with van der Waals surface area (Å²) in [7, 11) is 2.02. The molecule has 2 rings (SSSR count). The minimum Gasteiger partial charge on any atom is -0.344 e. The van der Waals surface area contributed by atoms with Crippen molar-refractivity contribution in [2.75, 3.05) is 18.5 Å². The fourth-order valence-electron chi connectivity index (χ4n) is 1.45. The van der Waals surface area contributed by atoms with Crippen LogP contribution in [-0.4, -0.2) is 23.1 Å². The highest BCUT2D eigenvalue weighted by Gasteiger charge is 2.17. The fraction of sp³-hybridized carbons (Fsp3) is 0.500. The second-order valence-electron chi connectivity index (χ2n) is 2.98. The van der Waals surface area contributed by atoms with Crippen LogP contribution >= 0.6 is 0 Å². The second-order valence-corrected chi connectivity index (χ2v) is 2.98. The van der Waals surface area contributed by atoms with E-state index >= 15 is 0 Å². The smallest absolute Gasteiger partial charge is 0.205 e. The lowest BCUT2D eigenvalue weighted by Crippen LogP contribution is -2.13. The summed E-state index contributed by atoms with van der Waals surface area (Å²) in [4.78, 5) is 6.43. The van der Waals surface area contributed by atoms with E-state index in [2.05, 4.69) is 20.5 Å². The van der Waals surface area contributed by atoms with Crippen molar-refractivity contribution >= 4 is 5.95 Å². The van der Waals surface area contributed by atoms with Crippen LogP contribution < -0.4 is 4.90 Å². The van der Waals surface area contributed by atoms with Gasteiger partial charge in [0.25, 0.3) is 0 Å². The molecule has 1 aromatic rings. The lowest BCUT2D eigenvalue weighted by molar-refractivity contribution is 0.791. The van der Waals surface area contributed by atoms with E-state index in [-0.39, 0.29) is 0 Å². The molecule has 1 aromatic heterocycles. The number of imidazole rings is 1. The van der Waals surface area contributed by atoms with Gasteiger partial charge in [-0.2, -0.15) is 5.26 Å². The Morgan fingerprint density at radius 2 is 2.50 bits per heavy atom. The van der Waals surface area contributed by atoms with E-state index in [1.165, 1.54) is 0 Å². The van der Waals surface area contributed by atoms with E-state index in [0.717, 1.165) is 24.7 Å². The van der Waals surface area contributed by atoms with E-state index in [1.807, 2.05) is 13.2 Å². The highest BCUT2D eigenvalue weighted by molar-refractivity contribution is 5.36. The number of nitrogens with zero attached hydrogens (tertiary/aromatic N) is 4. The standard InChI is InChI=1S/C8H10N4/c1-11-4-5-12-6-7(2-3-9)10-8(11)12/h6H,2,4-5H2,1H3. The number of aromatic nitrogens is 2. The molecule has 1 aliphatic rings. The fourth-order valence-corrected chi connectivity index (χ4v) is 1.45. The first-order chi connectivity index (χ1) is 5.81. The van der Waals surface area contributed by atoms with Crippen molar-refractivity contribution in [2.24, 2.45) is 0 Å². The molecule has 0 spiro atoms. The van der Waals surface area contributed by atoms with Gasteiger partial charge in [0.15, 0.2) is 0 Å². The molecule has 0 saturated heterocycles. The third-order valence-corrected chi connectivity index (χ3v) is 2.08. The van der Waals surface area contributed by atoms with E-state index in [1.54, 1.807) is 0 Å². The van der Waals surface area contributed by atoms with Crippen LogP contribution in [0.1, 0.15) is 5.69 Å². The Bertz CT molecular complexity index is 333. The summed E-state index contributed by atoms with van der Waals surface area (Å²) in [6.45, 7) is 2.01. The van der Waals surface area contributed by atoms with Crippen LogP contribution in [0.15, 0.2) is 6.20 Å². The molecule has 4 nitrogen and oxygen atoms in total. The molecule has 0 saturated carbocycles. The van der Waals surface area contributed by atoms with Crippen molar-refractivity contribution in [3.63, 3.8) is 0 Å². The van der Waals surface area contributed by atoms with Crippen molar-refractivity contribution < 1.29 is 0 Å². The molecular formula is C8H10N4. The van der Waals surface area contributed by atoms with Crippen LogP contribution in [0.25, 0.3) is 0 Å². The zero-order valence-corrected chi connectivity index (χ0v) is 6.99. The molecule has 0 bridgehead atoms. The predicted molar refractivity (Wildman–Crippen MR) is 44.8 cm³/mol. The van der Waals surface area contributed by atoms with E-state index in [0.29, 0.717) is 6.42 Å². The molecule has 0 atom stereocenters. The van der Waals surface area contributed by atoms with Gasteiger partial charge in [-0.25, -0.2) is 4.98 Å². The molecule has 0 aromatic carbocycles. The molecule has 0 unspecified atom stereocenters. The number of likely N-dealkylation sites (N-methyl/N-ethyl adjacent to an activating group) is 1. The summed E-state index contributed by atoms with van der Waals surface area (Å²) < 4.78 is 2.09. The largest absolute Gasteiger partial charge is 0.344 e. The number of hydrogen-bond donors (Lipinski definition) is 0. The first kappa shape index (κ1) is 7.17. The summed E-state index contributed by atoms with van der Waals surface area (Å²) >= 11 is 0. The molecule has 62 valence electrons. The number of anilines is 1. The monoisotopic (exact) mass is 162 g/mol. The SMILES string of the molecule is CN1CCn2cc(CC#N)nc21. The summed E-state index contributed by atoms with van der Waals surface area (Å²) in [6.07, 6.45) is 2.37. The summed E-state index contributed by atoms with van der Waals surface area (Å²) in [6, 6.07) is 2.09. The maximum absolute atomic E-state index is 8.46. The van der Waals surface area contributed by atoms with Crippen molar-refractivity contribution in [1.82, 2.24) is 9.55 Å². The van der Waals surface area contributed by atoms with Crippen LogP contribution in [0.2, 0.25) is 0 Å². The van der Waals surface area contributed by atoms with Crippen molar-refractivity contribution in [2.45, 2.75) is 13.0 Å². The Hall–Kier alpha value is -1.50. The Morgan fingerprint density at radius 1 is 1.67 bits per heavy atom. The van der Waals surface area contributed by atoms with Crippen molar-refractivity contribution in [3.05, 3.63) is 11.9 Å². The Morgan fingerprint density at radius 3 is 3.17 bits per heavy atom. The van der Waals surface area contributed by atoms with Crippen LogP contribution in [0.4, 0.5) is 5.95 Å². The van der Waals surface area contributed by atoms with Crippen molar-refractivity contribution in [1.29, 1.82) is 5.26 Å². The van der Waals surface area contributed by atoms with E-state index < -0.39 is 0 Å². The summed E-state index contributed by atoms with van der Waals surface area (Å²) in [5.41, 5.74) is 0.874. The molecule has 0 amide bonds. The molecule has 1 aliphatic heterocycles. The van der Waals surface area contributed by atoms with Gasteiger partial charge in [-0.15, -0.1) is 0 Å². The second kappa shape index (κ2) is 2.52. The van der Waals surface area contributed by atoms with Gasteiger partial charge < -0.3 is 9.47 Å². The zero-order valence-electron chi connectivity index (χ0n) is 6.99. The lowest BCUT2D eigenvalue weighted by Gasteiger charge is -2.05. The van der Waals surface area contributed by atoms with Gasteiger partial charge in [-0.05, 0) is 0 Å². The average molecular weight is 162 g/mol. The number of nitriles is 1. The topological polar surface area (TPSA) is 44.9 Å². The Balaban J connectivity index is 2.31. The molecule has 2 heterocycles. The number of rotatable bonds is 1. The molecule has 12 heavy (non-hydrogen) atoms. The van der Waals surface area contributed by atoms with Gasteiger partial charge in [-0.3, -0.25) is 0 Å². The maximum atomic E-state index is 8.46. The Kier molecular flexibility index (Phi) is 1.51. The van der Waals surface area contributed by atoms with Gasteiger partial charge in [0.2, 0.25) is 5.95 Å². The molecule has 0 N–H and O–H groups in total. The molecule has 0 radical (unpaired) electrons. The highest BCUT2D eigenvalue weighted by Crippen LogP contribution is 2.18. The maximum Gasteiger partial charge on any atom is 0.205 e. The number of hydrogen-bond acceptors (Lipinski definition) is 3. The third kappa shape index (κ3) is 0.944. The third-order valence-electron chi connectivity index (χ3n) is 2.08. The minimum atomic E-state index is 0.411. The van der Waals surface area contributed by atoms with Gasteiger partial charge in [0, 0.05) is 26.3 Å². The molecule has 4 heteroatoms. The molecule has 0 fully saturated rings. The average Bonchev–Trinajstić information content (AvgIpc) is 2.55.